The highest BCUT2D eigenvalue weighted by Crippen LogP contribution is 2.65. The molecular weight excluding hydrogens is 412 g/mol. The molecule has 3 aliphatic rings. The van der Waals surface area contributed by atoms with Crippen LogP contribution in [-0.4, -0.2) is 47.4 Å². The van der Waals surface area contributed by atoms with E-state index in [1.165, 1.54) is 11.1 Å². The van der Waals surface area contributed by atoms with Gasteiger partial charge in [0.15, 0.2) is 15.7 Å². The van der Waals surface area contributed by atoms with Crippen molar-refractivity contribution in [2.45, 2.75) is 49.1 Å². The van der Waals surface area contributed by atoms with Crippen LogP contribution in [0.4, 0.5) is 0 Å². The normalized spacial score (nSPS) is 29.4. The van der Waals surface area contributed by atoms with Crippen molar-refractivity contribution in [3.8, 4) is 22.9 Å². The van der Waals surface area contributed by atoms with Gasteiger partial charge < -0.3 is 19.9 Å². The Hall–Kier alpha value is -2.91. The highest BCUT2D eigenvalue weighted by molar-refractivity contribution is 6.41. The van der Waals surface area contributed by atoms with E-state index in [-0.39, 0.29) is 11.4 Å². The second-order valence-corrected chi connectivity index (χ2v) is 10.1. The van der Waals surface area contributed by atoms with Gasteiger partial charge in [-0.05, 0) is 78.6 Å². The zero-order valence-electron chi connectivity index (χ0n) is 19.8. The molecule has 1 unspecified atom stereocenters. The fourth-order valence-electron chi connectivity index (χ4n) is 6.69. The minimum atomic E-state index is -0.576. The van der Waals surface area contributed by atoms with Gasteiger partial charge in [0.1, 0.15) is 11.3 Å². The number of methoxy groups -OCH3 is 2. The molecule has 0 aromatic heterocycles. The summed E-state index contributed by atoms with van der Waals surface area (Å²) in [6.07, 6.45) is 5.27. The predicted octanol–water partition coefficient (Wildman–Crippen LogP) is 1.83. The maximum Gasteiger partial charge on any atom is 0.282 e. The Morgan fingerprint density at radius 3 is 2.48 bits per heavy atom. The summed E-state index contributed by atoms with van der Waals surface area (Å²) in [5.41, 5.74) is 10.6. The first-order valence-corrected chi connectivity index (χ1v) is 11.6. The molecule has 1 aliphatic heterocycles. The molecule has 0 radical (unpaired) electrons. The number of nitrogens with two attached hydrogens (primary N) is 1. The smallest absolute Gasteiger partial charge is 0.282 e. The molecule has 2 aromatic rings. The van der Waals surface area contributed by atoms with Crippen LogP contribution in [0.2, 0.25) is 0 Å². The van der Waals surface area contributed by atoms with Crippen molar-refractivity contribution in [2.75, 3.05) is 14.2 Å². The highest BCUT2D eigenvalue weighted by atomic mass is 16.5. The number of hydrogen-bond acceptors (Lipinski definition) is 6. The van der Waals surface area contributed by atoms with Crippen molar-refractivity contribution in [3.05, 3.63) is 53.1 Å². The summed E-state index contributed by atoms with van der Waals surface area (Å²) < 4.78 is 17.3. The fraction of sp³-hybridized carbons (Fsp3) is 0.440. The second kappa shape index (κ2) is 7.56. The minimum absolute atomic E-state index is 0.0696. The van der Waals surface area contributed by atoms with E-state index in [9.17, 15) is 5.26 Å². The lowest BCUT2D eigenvalue weighted by Crippen LogP contribution is -2.59. The molecule has 1 fully saturated rings. The quantitative estimate of drug-likeness (QED) is 0.735. The molecule has 0 saturated heterocycles. The van der Waals surface area contributed by atoms with Crippen LogP contribution >= 0.6 is 0 Å². The number of nitriles is 1. The summed E-state index contributed by atoms with van der Waals surface area (Å²) in [4.78, 5) is 5.10. The fourth-order valence-corrected chi connectivity index (χ4v) is 6.69. The van der Waals surface area contributed by atoms with Gasteiger partial charge in [-0.3, -0.25) is 0 Å². The molecule has 8 heteroatoms. The number of fused-ring (bicyclic) bond motifs is 3. The van der Waals surface area contributed by atoms with Gasteiger partial charge in [-0.15, -0.1) is 0 Å². The summed E-state index contributed by atoms with van der Waals surface area (Å²) in [7, 11) is 7.65. The van der Waals surface area contributed by atoms with Crippen LogP contribution < -0.4 is 10.5 Å². The van der Waals surface area contributed by atoms with Gasteiger partial charge in [0.05, 0.1) is 30.2 Å². The first-order valence-electron chi connectivity index (χ1n) is 11.6. The van der Waals surface area contributed by atoms with Gasteiger partial charge in [0.25, 0.3) is 6.02 Å². The molecule has 6 nitrogen and oxygen atoms in total. The van der Waals surface area contributed by atoms with Crippen molar-refractivity contribution >= 4 is 21.7 Å². The van der Waals surface area contributed by atoms with Gasteiger partial charge in [-0.2, -0.15) is 5.26 Å². The van der Waals surface area contributed by atoms with Gasteiger partial charge in [-0.1, -0.05) is 12.1 Å². The lowest BCUT2D eigenvalue weighted by molar-refractivity contribution is -0.0256. The molecule has 1 atom stereocenters. The Morgan fingerprint density at radius 2 is 1.88 bits per heavy atom. The number of nitrogens with zero attached hydrogens (tertiary/aromatic N) is 2. The highest BCUT2D eigenvalue weighted by Gasteiger charge is 2.68. The minimum Gasteiger partial charge on any atom is -0.497 e. The number of aliphatic imine (C=N–C) groups is 1. The summed E-state index contributed by atoms with van der Waals surface area (Å²) in [6.45, 7) is 0. The number of rotatable bonds is 3. The van der Waals surface area contributed by atoms with Crippen molar-refractivity contribution < 1.29 is 14.2 Å². The molecule has 1 saturated carbocycles. The lowest BCUT2D eigenvalue weighted by atomic mass is 9.45. The van der Waals surface area contributed by atoms with Crippen LogP contribution in [0.15, 0.2) is 41.4 Å². The Morgan fingerprint density at radius 1 is 1.12 bits per heavy atom. The predicted molar refractivity (Wildman–Crippen MR) is 133 cm³/mol. The number of benzene rings is 2. The molecule has 0 bridgehead atoms. The van der Waals surface area contributed by atoms with Gasteiger partial charge >= 0.3 is 0 Å². The molecule has 1 heterocycles. The lowest BCUT2D eigenvalue weighted by Gasteiger charge is -2.51. The average Bonchev–Trinajstić information content (AvgIpc) is 3.23. The van der Waals surface area contributed by atoms with E-state index in [0.29, 0.717) is 17.4 Å². The standard InChI is InChI=1S/C25H29B2N3O3/c1-31-19-5-7-23(8-6-19)13-17-4-3-16(18-9-15(14-28)10-20(11-18)32-2)12-21(17)24(23)25(26,27)33-22(29)30-24/h3-4,9-12,19H,5-8,13,26-27H2,1-2H3,(H2,29,30)/t19-,23-,24?. The Labute approximate surface area is 196 Å². The van der Waals surface area contributed by atoms with E-state index in [4.69, 9.17) is 24.9 Å². The van der Waals surface area contributed by atoms with Crippen LogP contribution in [0.5, 0.6) is 5.75 Å². The van der Waals surface area contributed by atoms with E-state index in [1.807, 2.05) is 12.1 Å². The molecule has 0 amide bonds. The van der Waals surface area contributed by atoms with Crippen molar-refractivity contribution in [1.29, 1.82) is 5.26 Å². The maximum atomic E-state index is 9.49. The maximum absolute atomic E-state index is 9.49. The number of ether oxygens (including phenoxy) is 3. The largest absolute Gasteiger partial charge is 0.497 e. The van der Waals surface area contributed by atoms with Gasteiger partial charge in [-0.25, -0.2) is 4.99 Å². The zero-order valence-corrected chi connectivity index (χ0v) is 19.8. The summed E-state index contributed by atoms with van der Waals surface area (Å²) in [5.74, 6) is 0.667. The van der Waals surface area contributed by atoms with Gasteiger partial charge in [0.2, 0.25) is 0 Å². The summed E-state index contributed by atoms with van der Waals surface area (Å²) in [5, 5.41) is 8.92. The van der Waals surface area contributed by atoms with Crippen LogP contribution in [0.1, 0.15) is 42.4 Å². The molecule has 2 spiro atoms. The first-order chi connectivity index (χ1) is 15.8. The Balaban J connectivity index is 1.68. The molecular formula is C25H29B2N3O3. The molecule has 33 heavy (non-hydrogen) atoms. The third-order valence-electron chi connectivity index (χ3n) is 8.13. The van der Waals surface area contributed by atoms with E-state index in [1.54, 1.807) is 20.3 Å². The van der Waals surface area contributed by atoms with Crippen molar-refractivity contribution in [3.63, 3.8) is 0 Å². The van der Waals surface area contributed by atoms with Gasteiger partial charge in [0, 0.05) is 12.5 Å². The molecule has 2 aliphatic carbocycles. The van der Waals surface area contributed by atoms with Crippen LogP contribution in [-0.2, 0) is 21.4 Å². The number of hydrogen-bond donors (Lipinski definition) is 1. The van der Waals surface area contributed by atoms with Crippen molar-refractivity contribution in [1.82, 2.24) is 0 Å². The summed E-state index contributed by atoms with van der Waals surface area (Å²) >= 11 is 0. The van der Waals surface area contributed by atoms with E-state index in [0.717, 1.165) is 43.2 Å². The number of amidine groups is 1. The zero-order chi connectivity index (χ0) is 23.4. The van der Waals surface area contributed by atoms with E-state index < -0.39 is 10.9 Å². The molecule has 168 valence electrons. The second-order valence-electron chi connectivity index (χ2n) is 10.1. The molecule has 2 N–H and O–H groups in total. The van der Waals surface area contributed by atoms with Crippen LogP contribution in [0.3, 0.4) is 0 Å². The third kappa shape index (κ3) is 3.09. The topological polar surface area (TPSA) is 89.9 Å². The Kier molecular flexibility index (Phi) is 5.02. The van der Waals surface area contributed by atoms with E-state index >= 15 is 0 Å². The van der Waals surface area contributed by atoms with Crippen LogP contribution in [0.25, 0.3) is 11.1 Å². The Bertz CT molecular complexity index is 1180. The first kappa shape index (κ1) is 21.9. The van der Waals surface area contributed by atoms with Crippen LogP contribution in [0, 0.1) is 16.7 Å². The van der Waals surface area contributed by atoms with E-state index in [2.05, 4.69) is 40.0 Å². The summed E-state index contributed by atoms with van der Waals surface area (Å²) in [6, 6.07) is 14.7. The monoisotopic (exact) mass is 441 g/mol. The third-order valence-corrected chi connectivity index (χ3v) is 8.13. The van der Waals surface area contributed by atoms with Crippen molar-refractivity contribution in [2.24, 2.45) is 16.1 Å². The average molecular weight is 441 g/mol. The molecule has 5 rings (SSSR count). The SMILES string of the molecule is BC1(B)OC(N)=NC12c1cc(-c3cc(C#N)cc(OC)c3)ccc1C[C@]21CC[C@@H](OC)CC1. The molecule has 2 aromatic carbocycles.